The van der Waals surface area contributed by atoms with Gasteiger partial charge in [0, 0.05) is 24.2 Å². The molecule has 0 spiro atoms. The van der Waals surface area contributed by atoms with Crippen LogP contribution in [0.4, 0.5) is 0 Å². The number of hydrogen-bond donors (Lipinski definition) is 1. The predicted molar refractivity (Wildman–Crippen MR) is 91.1 cm³/mol. The maximum atomic E-state index is 12.3. The fourth-order valence-electron chi connectivity index (χ4n) is 2.46. The summed E-state index contributed by atoms with van der Waals surface area (Å²) in [7, 11) is 1.85. The summed E-state index contributed by atoms with van der Waals surface area (Å²) in [6, 6.07) is 10.3. The zero-order valence-corrected chi connectivity index (χ0v) is 13.9. The number of aromatic nitrogens is 2. The van der Waals surface area contributed by atoms with Crippen LogP contribution in [0, 0.1) is 0 Å². The molecule has 0 aliphatic heterocycles. The first kappa shape index (κ1) is 16.4. The zero-order chi connectivity index (χ0) is 16.1. The Morgan fingerprint density at radius 1 is 1.23 bits per heavy atom. The van der Waals surface area contributed by atoms with Crippen molar-refractivity contribution in [3.8, 4) is 11.3 Å². The molecule has 1 aromatic carbocycles. The molecule has 0 saturated carbocycles. The summed E-state index contributed by atoms with van der Waals surface area (Å²) in [6.07, 6.45) is 0.891. The van der Waals surface area contributed by atoms with Gasteiger partial charge < -0.3 is 5.32 Å². The van der Waals surface area contributed by atoms with E-state index in [1.807, 2.05) is 13.1 Å². The molecular formula is C18H25N3O. The Balaban J connectivity index is 2.47. The monoisotopic (exact) mass is 299 g/mol. The standard InChI is InChI=1S/C18H25N3O/c1-5-10-21-18(22)16(12-19-4)11-17(20-21)15-8-6-14(7-9-15)13(2)3/h6-9,11,13,19H,5,10,12H2,1-4H3. The van der Waals surface area contributed by atoms with E-state index in [2.05, 4.69) is 55.5 Å². The molecule has 0 saturated heterocycles. The quantitative estimate of drug-likeness (QED) is 0.891. The first-order valence-electron chi connectivity index (χ1n) is 7.92. The van der Waals surface area contributed by atoms with Crippen LogP contribution in [0.3, 0.4) is 0 Å². The molecule has 0 bridgehead atoms. The Kier molecular flexibility index (Phi) is 5.50. The largest absolute Gasteiger partial charge is 0.315 e. The van der Waals surface area contributed by atoms with E-state index in [4.69, 9.17) is 0 Å². The lowest BCUT2D eigenvalue weighted by Gasteiger charge is -2.11. The highest BCUT2D eigenvalue weighted by atomic mass is 16.1. The van der Waals surface area contributed by atoms with Gasteiger partial charge in [-0.3, -0.25) is 4.79 Å². The molecule has 1 N–H and O–H groups in total. The van der Waals surface area contributed by atoms with E-state index in [1.165, 1.54) is 5.56 Å². The third kappa shape index (κ3) is 3.63. The van der Waals surface area contributed by atoms with Gasteiger partial charge in [0.15, 0.2) is 0 Å². The molecule has 118 valence electrons. The molecule has 0 radical (unpaired) electrons. The van der Waals surface area contributed by atoms with Gasteiger partial charge in [0.25, 0.3) is 5.56 Å². The van der Waals surface area contributed by atoms with Crippen LogP contribution in [0.15, 0.2) is 35.1 Å². The van der Waals surface area contributed by atoms with Crippen molar-refractivity contribution in [3.63, 3.8) is 0 Å². The molecule has 2 rings (SSSR count). The molecule has 0 amide bonds. The average Bonchev–Trinajstić information content (AvgIpc) is 2.51. The maximum Gasteiger partial charge on any atom is 0.271 e. The van der Waals surface area contributed by atoms with Crippen molar-refractivity contribution >= 4 is 0 Å². The van der Waals surface area contributed by atoms with Crippen molar-refractivity contribution in [3.05, 3.63) is 51.8 Å². The second-order valence-corrected chi connectivity index (χ2v) is 5.89. The van der Waals surface area contributed by atoms with Crippen LogP contribution in [-0.2, 0) is 13.1 Å². The van der Waals surface area contributed by atoms with Crippen LogP contribution in [-0.4, -0.2) is 16.8 Å². The first-order valence-corrected chi connectivity index (χ1v) is 7.92. The SMILES string of the molecule is CCCn1nc(-c2ccc(C(C)C)cc2)cc(CNC)c1=O. The third-order valence-electron chi connectivity index (χ3n) is 3.72. The Labute approximate surface area is 132 Å². The number of nitrogens with zero attached hydrogens (tertiary/aromatic N) is 2. The number of benzene rings is 1. The molecular weight excluding hydrogens is 274 g/mol. The average molecular weight is 299 g/mol. The topological polar surface area (TPSA) is 46.9 Å². The molecule has 1 aromatic heterocycles. The molecule has 4 heteroatoms. The van der Waals surface area contributed by atoms with Crippen LogP contribution in [0.1, 0.15) is 44.2 Å². The van der Waals surface area contributed by atoms with Crippen LogP contribution >= 0.6 is 0 Å². The van der Waals surface area contributed by atoms with Gasteiger partial charge in [0.2, 0.25) is 0 Å². The van der Waals surface area contributed by atoms with Crippen molar-refractivity contribution in [2.75, 3.05) is 7.05 Å². The van der Waals surface area contributed by atoms with Crippen LogP contribution in [0.5, 0.6) is 0 Å². The number of rotatable bonds is 6. The molecule has 0 aliphatic rings. The first-order chi connectivity index (χ1) is 10.6. The molecule has 0 unspecified atom stereocenters. The predicted octanol–water partition coefficient (Wildman–Crippen LogP) is 3.16. The Morgan fingerprint density at radius 3 is 2.45 bits per heavy atom. The minimum atomic E-state index is -0.00116. The molecule has 0 atom stereocenters. The zero-order valence-electron chi connectivity index (χ0n) is 13.9. The Morgan fingerprint density at radius 2 is 1.91 bits per heavy atom. The van der Waals surface area contributed by atoms with Gasteiger partial charge in [0.05, 0.1) is 5.69 Å². The van der Waals surface area contributed by atoms with Crippen LogP contribution in [0.2, 0.25) is 0 Å². The normalized spacial score (nSPS) is 11.1. The fraction of sp³-hybridized carbons (Fsp3) is 0.444. The summed E-state index contributed by atoms with van der Waals surface area (Å²) in [5.74, 6) is 0.510. The lowest BCUT2D eigenvalue weighted by atomic mass is 10.0. The molecule has 0 aliphatic carbocycles. The van der Waals surface area contributed by atoms with Crippen molar-refractivity contribution in [2.45, 2.75) is 46.2 Å². The molecule has 0 fully saturated rings. The molecule has 1 heterocycles. The Bertz CT molecular complexity index is 641. The summed E-state index contributed by atoms with van der Waals surface area (Å²) in [6.45, 7) is 7.62. The van der Waals surface area contributed by atoms with Crippen molar-refractivity contribution in [2.24, 2.45) is 0 Å². The van der Waals surface area contributed by atoms with E-state index >= 15 is 0 Å². The van der Waals surface area contributed by atoms with E-state index in [0.717, 1.165) is 23.2 Å². The van der Waals surface area contributed by atoms with E-state index in [1.54, 1.807) is 4.68 Å². The minimum Gasteiger partial charge on any atom is -0.315 e. The van der Waals surface area contributed by atoms with E-state index in [9.17, 15) is 4.79 Å². The highest BCUT2D eigenvalue weighted by molar-refractivity contribution is 5.59. The van der Waals surface area contributed by atoms with Gasteiger partial charge in [-0.2, -0.15) is 5.10 Å². The number of aryl methyl sites for hydroxylation is 1. The van der Waals surface area contributed by atoms with Crippen LogP contribution < -0.4 is 10.9 Å². The maximum absolute atomic E-state index is 12.3. The van der Waals surface area contributed by atoms with Crippen molar-refractivity contribution < 1.29 is 0 Å². The lowest BCUT2D eigenvalue weighted by molar-refractivity contribution is 0.561. The van der Waals surface area contributed by atoms with Gasteiger partial charge in [-0.15, -0.1) is 0 Å². The third-order valence-corrected chi connectivity index (χ3v) is 3.72. The van der Waals surface area contributed by atoms with Crippen LogP contribution in [0.25, 0.3) is 11.3 Å². The molecule has 22 heavy (non-hydrogen) atoms. The van der Waals surface area contributed by atoms with Crippen molar-refractivity contribution in [1.29, 1.82) is 0 Å². The fourth-order valence-corrected chi connectivity index (χ4v) is 2.46. The van der Waals surface area contributed by atoms with Gasteiger partial charge in [-0.25, -0.2) is 4.68 Å². The highest BCUT2D eigenvalue weighted by Crippen LogP contribution is 2.21. The van der Waals surface area contributed by atoms with E-state index in [-0.39, 0.29) is 5.56 Å². The number of nitrogens with one attached hydrogen (secondary N) is 1. The minimum absolute atomic E-state index is 0.00116. The summed E-state index contributed by atoms with van der Waals surface area (Å²) in [5.41, 5.74) is 3.97. The summed E-state index contributed by atoms with van der Waals surface area (Å²) in [5, 5.41) is 7.58. The second-order valence-electron chi connectivity index (χ2n) is 5.89. The van der Waals surface area contributed by atoms with Gasteiger partial charge in [-0.05, 0) is 31.0 Å². The summed E-state index contributed by atoms with van der Waals surface area (Å²) in [4.78, 5) is 12.3. The smallest absolute Gasteiger partial charge is 0.271 e. The van der Waals surface area contributed by atoms with Crippen molar-refractivity contribution in [1.82, 2.24) is 15.1 Å². The summed E-state index contributed by atoms with van der Waals surface area (Å²) < 4.78 is 1.58. The summed E-state index contributed by atoms with van der Waals surface area (Å²) >= 11 is 0. The second kappa shape index (κ2) is 7.36. The molecule has 2 aromatic rings. The van der Waals surface area contributed by atoms with Gasteiger partial charge in [0.1, 0.15) is 0 Å². The lowest BCUT2D eigenvalue weighted by Crippen LogP contribution is -2.28. The number of hydrogen-bond acceptors (Lipinski definition) is 3. The van der Waals surface area contributed by atoms with Gasteiger partial charge in [-0.1, -0.05) is 45.0 Å². The van der Waals surface area contributed by atoms with Gasteiger partial charge >= 0.3 is 0 Å². The molecule has 4 nitrogen and oxygen atoms in total. The van der Waals surface area contributed by atoms with E-state index in [0.29, 0.717) is 19.0 Å². The highest BCUT2D eigenvalue weighted by Gasteiger charge is 2.09. The Hall–Kier alpha value is -1.94. The van der Waals surface area contributed by atoms with E-state index < -0.39 is 0 Å².